The van der Waals surface area contributed by atoms with E-state index < -0.39 is 0 Å². The van der Waals surface area contributed by atoms with Crippen molar-refractivity contribution in [1.29, 1.82) is 0 Å². The van der Waals surface area contributed by atoms with Crippen LogP contribution in [0.5, 0.6) is 0 Å². The molecule has 0 N–H and O–H groups in total. The Bertz CT molecular complexity index is 301. The Balaban J connectivity index is 1.89. The normalized spacial score (nSPS) is 33.6. The van der Waals surface area contributed by atoms with Crippen LogP contribution >= 0.6 is 0 Å². The van der Waals surface area contributed by atoms with E-state index in [1.807, 2.05) is 0 Å². The molecule has 0 bridgehead atoms. The lowest BCUT2D eigenvalue weighted by molar-refractivity contribution is -0.128. The SMILES string of the molecule is CCC1CN(CC2CC(C)(C)CCC2=O)CCO1. The van der Waals surface area contributed by atoms with Crippen LogP contribution in [-0.4, -0.2) is 43.0 Å². The summed E-state index contributed by atoms with van der Waals surface area (Å²) in [6.07, 6.45) is 4.33. The second-order valence-electron chi connectivity index (χ2n) is 6.69. The highest BCUT2D eigenvalue weighted by Gasteiger charge is 2.35. The van der Waals surface area contributed by atoms with Gasteiger partial charge in [-0.25, -0.2) is 0 Å². The van der Waals surface area contributed by atoms with E-state index in [0.717, 1.165) is 51.9 Å². The smallest absolute Gasteiger partial charge is 0.137 e. The number of carbonyl (C=O) groups is 1. The topological polar surface area (TPSA) is 29.5 Å². The molecule has 1 saturated carbocycles. The zero-order valence-electron chi connectivity index (χ0n) is 12.1. The Morgan fingerprint density at radius 3 is 2.94 bits per heavy atom. The Morgan fingerprint density at radius 1 is 1.44 bits per heavy atom. The number of Topliss-reactive ketones (excluding diaryl/α,β-unsaturated/α-hetero) is 1. The molecule has 2 fully saturated rings. The van der Waals surface area contributed by atoms with Crippen LogP contribution in [0.4, 0.5) is 0 Å². The molecular formula is C15H27NO2. The second-order valence-corrected chi connectivity index (χ2v) is 6.69. The molecule has 0 spiro atoms. The van der Waals surface area contributed by atoms with Crippen molar-refractivity contribution in [3.05, 3.63) is 0 Å². The first-order chi connectivity index (χ1) is 8.50. The fourth-order valence-electron chi connectivity index (χ4n) is 3.22. The molecule has 2 rings (SSSR count). The van der Waals surface area contributed by atoms with Crippen molar-refractivity contribution in [2.24, 2.45) is 11.3 Å². The maximum atomic E-state index is 12.0. The summed E-state index contributed by atoms with van der Waals surface area (Å²) >= 11 is 0. The molecule has 2 atom stereocenters. The van der Waals surface area contributed by atoms with Gasteiger partial charge >= 0.3 is 0 Å². The van der Waals surface area contributed by atoms with Gasteiger partial charge in [0.15, 0.2) is 0 Å². The van der Waals surface area contributed by atoms with Crippen LogP contribution in [0.3, 0.4) is 0 Å². The molecule has 0 aromatic rings. The summed E-state index contributed by atoms with van der Waals surface area (Å²) in [5.74, 6) is 0.734. The van der Waals surface area contributed by atoms with Gasteiger partial charge in [0.1, 0.15) is 5.78 Å². The predicted octanol–water partition coefficient (Wildman–Crippen LogP) is 2.49. The highest BCUT2D eigenvalue weighted by Crippen LogP contribution is 2.37. The average molecular weight is 253 g/mol. The van der Waals surface area contributed by atoms with Crippen molar-refractivity contribution in [2.45, 2.75) is 52.6 Å². The number of ketones is 1. The number of carbonyl (C=O) groups excluding carboxylic acids is 1. The fourth-order valence-corrected chi connectivity index (χ4v) is 3.22. The van der Waals surface area contributed by atoms with Crippen molar-refractivity contribution >= 4 is 5.78 Å². The number of hydrogen-bond donors (Lipinski definition) is 0. The lowest BCUT2D eigenvalue weighted by atomic mass is 9.71. The first-order valence-electron chi connectivity index (χ1n) is 7.37. The maximum Gasteiger partial charge on any atom is 0.137 e. The lowest BCUT2D eigenvalue weighted by Crippen LogP contribution is -2.46. The molecule has 104 valence electrons. The third kappa shape index (κ3) is 3.55. The van der Waals surface area contributed by atoms with E-state index in [9.17, 15) is 4.79 Å². The van der Waals surface area contributed by atoms with E-state index in [-0.39, 0.29) is 5.92 Å². The summed E-state index contributed by atoms with van der Waals surface area (Å²) in [4.78, 5) is 14.5. The first kappa shape index (κ1) is 14.0. The van der Waals surface area contributed by atoms with E-state index in [1.54, 1.807) is 0 Å². The predicted molar refractivity (Wildman–Crippen MR) is 72.6 cm³/mol. The summed E-state index contributed by atoms with van der Waals surface area (Å²) < 4.78 is 5.69. The molecular weight excluding hydrogens is 226 g/mol. The van der Waals surface area contributed by atoms with Crippen molar-refractivity contribution in [1.82, 2.24) is 4.90 Å². The Hall–Kier alpha value is -0.410. The van der Waals surface area contributed by atoms with Crippen LogP contribution in [0.15, 0.2) is 0 Å². The summed E-state index contributed by atoms with van der Waals surface area (Å²) in [7, 11) is 0. The van der Waals surface area contributed by atoms with Gasteiger partial charge in [0.2, 0.25) is 0 Å². The lowest BCUT2D eigenvalue weighted by Gasteiger charge is -2.39. The molecule has 3 nitrogen and oxygen atoms in total. The van der Waals surface area contributed by atoms with Gasteiger partial charge in [-0.1, -0.05) is 20.8 Å². The minimum absolute atomic E-state index is 0.254. The van der Waals surface area contributed by atoms with Crippen LogP contribution in [-0.2, 0) is 9.53 Å². The molecule has 18 heavy (non-hydrogen) atoms. The molecule has 3 heteroatoms. The fraction of sp³-hybridized carbons (Fsp3) is 0.933. The van der Waals surface area contributed by atoms with E-state index in [4.69, 9.17) is 4.74 Å². The number of ether oxygens (including phenoxy) is 1. The zero-order chi connectivity index (χ0) is 13.2. The van der Waals surface area contributed by atoms with Crippen molar-refractivity contribution < 1.29 is 9.53 Å². The standard InChI is InChI=1S/C15H27NO2/c1-4-13-11-16(7-8-18-13)10-12-9-15(2,3)6-5-14(12)17/h12-13H,4-11H2,1-3H3. The van der Waals surface area contributed by atoms with Crippen molar-refractivity contribution in [2.75, 3.05) is 26.2 Å². The monoisotopic (exact) mass is 253 g/mol. The van der Waals surface area contributed by atoms with Gasteiger partial charge in [-0.2, -0.15) is 0 Å². The number of morpholine rings is 1. The van der Waals surface area contributed by atoms with Gasteiger partial charge in [0, 0.05) is 32.0 Å². The van der Waals surface area contributed by atoms with Crippen molar-refractivity contribution in [3.8, 4) is 0 Å². The Labute approximate surface area is 111 Å². The Kier molecular flexibility index (Phi) is 4.44. The molecule has 0 radical (unpaired) electrons. The highest BCUT2D eigenvalue weighted by atomic mass is 16.5. The van der Waals surface area contributed by atoms with E-state index in [1.165, 1.54) is 0 Å². The first-order valence-corrected chi connectivity index (χ1v) is 7.37. The molecule has 0 amide bonds. The molecule has 1 aliphatic heterocycles. The maximum absolute atomic E-state index is 12.0. The summed E-state index contributed by atoms with van der Waals surface area (Å²) in [6.45, 7) is 10.5. The largest absolute Gasteiger partial charge is 0.376 e. The van der Waals surface area contributed by atoms with Crippen LogP contribution < -0.4 is 0 Å². The molecule has 1 heterocycles. The summed E-state index contributed by atoms with van der Waals surface area (Å²) in [5, 5.41) is 0. The van der Waals surface area contributed by atoms with Gasteiger partial charge in [0.05, 0.1) is 12.7 Å². The van der Waals surface area contributed by atoms with Gasteiger partial charge < -0.3 is 4.74 Å². The zero-order valence-corrected chi connectivity index (χ0v) is 12.1. The van der Waals surface area contributed by atoms with E-state index in [0.29, 0.717) is 17.3 Å². The van der Waals surface area contributed by atoms with Crippen molar-refractivity contribution in [3.63, 3.8) is 0 Å². The quantitative estimate of drug-likeness (QED) is 0.774. The summed E-state index contributed by atoms with van der Waals surface area (Å²) in [6, 6.07) is 0. The molecule has 0 aromatic carbocycles. The third-order valence-electron chi connectivity index (χ3n) is 4.46. The van der Waals surface area contributed by atoms with Gasteiger partial charge in [-0.3, -0.25) is 9.69 Å². The molecule has 0 aromatic heterocycles. The van der Waals surface area contributed by atoms with Gasteiger partial charge in [0.25, 0.3) is 0 Å². The molecule has 2 aliphatic rings. The molecule has 1 saturated heterocycles. The van der Waals surface area contributed by atoms with Gasteiger partial charge in [-0.05, 0) is 24.7 Å². The van der Waals surface area contributed by atoms with E-state index in [2.05, 4.69) is 25.7 Å². The number of hydrogen-bond acceptors (Lipinski definition) is 3. The third-order valence-corrected chi connectivity index (χ3v) is 4.46. The van der Waals surface area contributed by atoms with Crippen LogP contribution in [0, 0.1) is 11.3 Å². The van der Waals surface area contributed by atoms with Crippen LogP contribution in [0.25, 0.3) is 0 Å². The number of nitrogens with zero attached hydrogens (tertiary/aromatic N) is 1. The van der Waals surface area contributed by atoms with Crippen LogP contribution in [0.2, 0.25) is 0 Å². The minimum atomic E-state index is 0.254. The van der Waals surface area contributed by atoms with E-state index >= 15 is 0 Å². The second kappa shape index (κ2) is 5.70. The molecule has 2 unspecified atom stereocenters. The molecule has 1 aliphatic carbocycles. The Morgan fingerprint density at radius 2 is 2.22 bits per heavy atom. The summed E-state index contributed by atoms with van der Waals surface area (Å²) in [5.41, 5.74) is 0.342. The highest BCUT2D eigenvalue weighted by molar-refractivity contribution is 5.82. The van der Waals surface area contributed by atoms with Gasteiger partial charge in [-0.15, -0.1) is 0 Å². The van der Waals surface area contributed by atoms with Crippen LogP contribution in [0.1, 0.15) is 46.5 Å². The average Bonchev–Trinajstić information content (AvgIpc) is 2.34. The minimum Gasteiger partial charge on any atom is -0.376 e. The number of rotatable bonds is 3.